The first-order valence-electron chi connectivity index (χ1n) is 4.72. The number of ether oxygens (including phenoxy) is 1. The SMILES string of the molecule is C#C[C@H](NC(=O)OCC)c1ccccc1. The number of benzene rings is 1. The van der Waals surface area contributed by atoms with Crippen LogP contribution in [-0.4, -0.2) is 12.7 Å². The zero-order chi connectivity index (χ0) is 11.1. The number of alkyl carbamates (subject to hydrolysis) is 1. The van der Waals surface area contributed by atoms with Gasteiger partial charge in [0.2, 0.25) is 0 Å². The fraction of sp³-hybridized carbons (Fsp3) is 0.250. The highest BCUT2D eigenvalue weighted by atomic mass is 16.5. The molecule has 1 aromatic carbocycles. The van der Waals surface area contributed by atoms with Gasteiger partial charge in [0, 0.05) is 0 Å². The van der Waals surface area contributed by atoms with Gasteiger partial charge in [-0.05, 0) is 12.5 Å². The van der Waals surface area contributed by atoms with Crippen LogP contribution in [0.1, 0.15) is 18.5 Å². The van der Waals surface area contributed by atoms with Crippen molar-refractivity contribution in [1.29, 1.82) is 0 Å². The lowest BCUT2D eigenvalue weighted by Gasteiger charge is -2.12. The molecule has 0 aliphatic rings. The van der Waals surface area contributed by atoms with E-state index in [-0.39, 0.29) is 0 Å². The van der Waals surface area contributed by atoms with Crippen LogP contribution < -0.4 is 5.32 Å². The van der Waals surface area contributed by atoms with Gasteiger partial charge in [-0.15, -0.1) is 6.42 Å². The van der Waals surface area contributed by atoms with Crippen molar-refractivity contribution in [2.24, 2.45) is 0 Å². The molecule has 0 aromatic heterocycles. The predicted molar refractivity (Wildman–Crippen MR) is 58.2 cm³/mol. The van der Waals surface area contributed by atoms with Crippen molar-refractivity contribution in [3.05, 3.63) is 35.9 Å². The summed E-state index contributed by atoms with van der Waals surface area (Å²) in [4.78, 5) is 11.2. The van der Waals surface area contributed by atoms with Gasteiger partial charge < -0.3 is 10.1 Å². The maximum absolute atomic E-state index is 11.2. The van der Waals surface area contributed by atoms with Gasteiger partial charge in [0.1, 0.15) is 6.04 Å². The van der Waals surface area contributed by atoms with Gasteiger partial charge in [0.15, 0.2) is 0 Å². The second-order valence-electron chi connectivity index (χ2n) is 2.88. The third kappa shape index (κ3) is 3.35. The van der Waals surface area contributed by atoms with Crippen molar-refractivity contribution in [2.45, 2.75) is 13.0 Å². The van der Waals surface area contributed by atoms with Gasteiger partial charge in [-0.2, -0.15) is 0 Å². The summed E-state index contributed by atoms with van der Waals surface area (Å²) in [6.07, 6.45) is 4.83. The Hall–Kier alpha value is -1.95. The summed E-state index contributed by atoms with van der Waals surface area (Å²) in [6.45, 7) is 2.07. The largest absolute Gasteiger partial charge is 0.450 e. The van der Waals surface area contributed by atoms with Crippen LogP contribution in [0.3, 0.4) is 0 Å². The molecule has 1 aromatic rings. The number of nitrogens with one attached hydrogen (secondary N) is 1. The molecule has 0 fully saturated rings. The standard InChI is InChI=1S/C12H13NO2/c1-3-11(13-12(14)15-4-2)10-8-6-5-7-9-10/h1,5-9,11H,4H2,2H3,(H,13,14)/t11-/m0/s1. The first-order valence-corrected chi connectivity index (χ1v) is 4.72. The van der Waals surface area contributed by atoms with Crippen molar-refractivity contribution < 1.29 is 9.53 Å². The van der Waals surface area contributed by atoms with E-state index in [1.807, 2.05) is 30.3 Å². The zero-order valence-corrected chi connectivity index (χ0v) is 8.57. The van der Waals surface area contributed by atoms with E-state index in [2.05, 4.69) is 11.2 Å². The van der Waals surface area contributed by atoms with Crippen LogP contribution in [0.25, 0.3) is 0 Å². The monoisotopic (exact) mass is 203 g/mol. The number of amides is 1. The first kappa shape index (κ1) is 11.1. The second kappa shape index (κ2) is 5.71. The number of terminal acetylenes is 1. The quantitative estimate of drug-likeness (QED) is 0.764. The number of carbonyl (C=O) groups excluding carboxylic acids is 1. The Morgan fingerprint density at radius 2 is 2.20 bits per heavy atom. The molecule has 0 aliphatic carbocycles. The average molecular weight is 203 g/mol. The van der Waals surface area contributed by atoms with Gasteiger partial charge in [-0.1, -0.05) is 36.3 Å². The molecular formula is C12H13NO2. The van der Waals surface area contributed by atoms with Crippen molar-refractivity contribution >= 4 is 6.09 Å². The van der Waals surface area contributed by atoms with E-state index >= 15 is 0 Å². The minimum atomic E-state index is -0.496. The Morgan fingerprint density at radius 1 is 1.53 bits per heavy atom. The third-order valence-corrected chi connectivity index (χ3v) is 1.84. The Balaban J connectivity index is 2.66. The lowest BCUT2D eigenvalue weighted by atomic mass is 10.1. The molecule has 0 saturated carbocycles. The molecule has 0 radical (unpaired) electrons. The van der Waals surface area contributed by atoms with E-state index < -0.39 is 12.1 Å². The van der Waals surface area contributed by atoms with Crippen LogP contribution in [0.15, 0.2) is 30.3 Å². The highest BCUT2D eigenvalue weighted by molar-refractivity contribution is 5.68. The molecule has 0 bridgehead atoms. The van der Waals surface area contributed by atoms with E-state index in [0.717, 1.165) is 5.56 Å². The van der Waals surface area contributed by atoms with Crippen LogP contribution in [-0.2, 0) is 4.74 Å². The van der Waals surface area contributed by atoms with Gasteiger partial charge in [0.25, 0.3) is 0 Å². The van der Waals surface area contributed by atoms with Gasteiger partial charge in [-0.25, -0.2) is 4.79 Å². The molecule has 0 heterocycles. The molecule has 3 nitrogen and oxygen atoms in total. The molecule has 1 N–H and O–H groups in total. The van der Waals surface area contributed by atoms with E-state index in [1.54, 1.807) is 6.92 Å². The molecule has 1 rings (SSSR count). The lowest BCUT2D eigenvalue weighted by molar-refractivity contribution is 0.150. The number of rotatable bonds is 3. The predicted octanol–water partition coefficient (Wildman–Crippen LogP) is 2.11. The summed E-state index contributed by atoms with van der Waals surface area (Å²) in [7, 11) is 0. The fourth-order valence-corrected chi connectivity index (χ4v) is 1.16. The number of hydrogen-bond acceptors (Lipinski definition) is 2. The molecule has 0 saturated heterocycles. The maximum atomic E-state index is 11.2. The van der Waals surface area contributed by atoms with Gasteiger partial charge in [0.05, 0.1) is 6.61 Å². The molecule has 0 unspecified atom stereocenters. The van der Waals surface area contributed by atoms with Crippen LogP contribution in [0.5, 0.6) is 0 Å². The van der Waals surface area contributed by atoms with Crippen molar-refractivity contribution in [3.8, 4) is 12.3 Å². The minimum absolute atomic E-state index is 0.331. The summed E-state index contributed by atoms with van der Waals surface area (Å²) in [5, 5.41) is 2.59. The summed E-state index contributed by atoms with van der Waals surface area (Å²) in [6, 6.07) is 8.90. The highest BCUT2D eigenvalue weighted by Crippen LogP contribution is 2.10. The molecular weight excluding hydrogens is 190 g/mol. The number of hydrogen-bond donors (Lipinski definition) is 1. The topological polar surface area (TPSA) is 38.3 Å². The van der Waals surface area contributed by atoms with Crippen LogP contribution in [0, 0.1) is 12.3 Å². The molecule has 1 amide bonds. The summed E-state index contributed by atoms with van der Waals surface area (Å²) >= 11 is 0. The lowest BCUT2D eigenvalue weighted by Crippen LogP contribution is -2.28. The number of carbonyl (C=O) groups is 1. The van der Waals surface area contributed by atoms with Crippen LogP contribution in [0.2, 0.25) is 0 Å². The molecule has 0 spiro atoms. The molecule has 0 aliphatic heterocycles. The fourth-order valence-electron chi connectivity index (χ4n) is 1.16. The summed E-state index contributed by atoms with van der Waals surface area (Å²) in [5.74, 6) is 2.50. The van der Waals surface area contributed by atoms with Crippen LogP contribution in [0.4, 0.5) is 4.79 Å². The zero-order valence-electron chi connectivity index (χ0n) is 8.57. The molecule has 15 heavy (non-hydrogen) atoms. The smallest absolute Gasteiger partial charge is 0.408 e. The normalized spacial score (nSPS) is 11.2. The van der Waals surface area contributed by atoms with E-state index in [9.17, 15) is 4.79 Å². The summed E-state index contributed by atoms with van der Waals surface area (Å²) in [5.41, 5.74) is 0.869. The molecule has 78 valence electrons. The summed E-state index contributed by atoms with van der Waals surface area (Å²) < 4.78 is 4.75. The Bertz CT molecular complexity index is 354. The Morgan fingerprint density at radius 3 is 2.73 bits per heavy atom. The minimum Gasteiger partial charge on any atom is -0.450 e. The van der Waals surface area contributed by atoms with E-state index in [4.69, 9.17) is 11.2 Å². The van der Waals surface area contributed by atoms with Crippen molar-refractivity contribution in [2.75, 3.05) is 6.61 Å². The second-order valence-corrected chi connectivity index (χ2v) is 2.88. The molecule has 1 atom stereocenters. The molecule has 3 heteroatoms. The van der Waals surface area contributed by atoms with Gasteiger partial charge in [-0.3, -0.25) is 0 Å². The van der Waals surface area contributed by atoms with Crippen molar-refractivity contribution in [1.82, 2.24) is 5.32 Å². The van der Waals surface area contributed by atoms with Gasteiger partial charge >= 0.3 is 6.09 Å². The highest BCUT2D eigenvalue weighted by Gasteiger charge is 2.11. The average Bonchev–Trinajstić information content (AvgIpc) is 2.27. The first-order chi connectivity index (χ1) is 7.27. The Labute approximate surface area is 89.4 Å². The van der Waals surface area contributed by atoms with Crippen molar-refractivity contribution in [3.63, 3.8) is 0 Å². The third-order valence-electron chi connectivity index (χ3n) is 1.84. The van der Waals surface area contributed by atoms with E-state index in [1.165, 1.54) is 0 Å². The Kier molecular flexibility index (Phi) is 4.24. The maximum Gasteiger partial charge on any atom is 0.408 e. The van der Waals surface area contributed by atoms with E-state index in [0.29, 0.717) is 6.61 Å². The van der Waals surface area contributed by atoms with Crippen LogP contribution >= 0.6 is 0 Å².